The molecule has 114 valence electrons. The van der Waals surface area contributed by atoms with Gasteiger partial charge < -0.3 is 10.6 Å². The highest BCUT2D eigenvalue weighted by Crippen LogP contribution is 2.28. The molecule has 0 aliphatic carbocycles. The van der Waals surface area contributed by atoms with Crippen molar-refractivity contribution in [2.45, 2.75) is 29.9 Å². The van der Waals surface area contributed by atoms with Gasteiger partial charge in [0.25, 0.3) is 0 Å². The van der Waals surface area contributed by atoms with Crippen molar-refractivity contribution in [3.63, 3.8) is 0 Å². The van der Waals surface area contributed by atoms with Crippen molar-refractivity contribution >= 4 is 35.2 Å². The Labute approximate surface area is 134 Å². The summed E-state index contributed by atoms with van der Waals surface area (Å²) in [5.41, 5.74) is 5.35. The number of likely N-dealkylation sites (tertiary alicyclic amines) is 1. The molecule has 2 N–H and O–H groups in total. The van der Waals surface area contributed by atoms with Crippen molar-refractivity contribution in [1.29, 1.82) is 0 Å². The van der Waals surface area contributed by atoms with E-state index in [1.807, 2.05) is 25.1 Å². The van der Waals surface area contributed by atoms with Crippen molar-refractivity contribution in [3.8, 4) is 0 Å². The van der Waals surface area contributed by atoms with Crippen LogP contribution < -0.4 is 5.73 Å². The van der Waals surface area contributed by atoms with Crippen LogP contribution in [0, 0.1) is 5.92 Å². The van der Waals surface area contributed by atoms with E-state index in [4.69, 9.17) is 17.3 Å². The molecule has 2 rings (SSSR count). The molecule has 0 saturated carbocycles. The van der Waals surface area contributed by atoms with Crippen LogP contribution in [-0.2, 0) is 9.59 Å². The molecular weight excluding hydrogens is 308 g/mol. The van der Waals surface area contributed by atoms with Crippen LogP contribution in [-0.4, -0.2) is 35.1 Å². The number of carbonyl (C=O) groups is 2. The molecule has 0 bridgehead atoms. The molecule has 0 aromatic heterocycles. The Bertz CT molecular complexity index is 538. The molecule has 6 heteroatoms. The lowest BCUT2D eigenvalue weighted by atomic mass is 9.97. The number of halogens is 1. The minimum Gasteiger partial charge on any atom is -0.369 e. The highest BCUT2D eigenvalue weighted by atomic mass is 35.5. The minimum absolute atomic E-state index is 0.0472. The van der Waals surface area contributed by atoms with Crippen LogP contribution in [0.3, 0.4) is 0 Å². The number of hydrogen-bond donors (Lipinski definition) is 1. The second kappa shape index (κ2) is 7.18. The van der Waals surface area contributed by atoms with Crippen LogP contribution in [0.1, 0.15) is 19.8 Å². The summed E-state index contributed by atoms with van der Waals surface area (Å²) < 4.78 is 0. The van der Waals surface area contributed by atoms with E-state index in [0.29, 0.717) is 18.1 Å². The van der Waals surface area contributed by atoms with E-state index >= 15 is 0 Å². The Balaban J connectivity index is 1.97. The van der Waals surface area contributed by atoms with Gasteiger partial charge >= 0.3 is 0 Å². The lowest BCUT2D eigenvalue weighted by Gasteiger charge is -2.32. The Morgan fingerprint density at radius 2 is 2.24 bits per heavy atom. The minimum atomic E-state index is -0.317. The van der Waals surface area contributed by atoms with E-state index in [1.165, 1.54) is 11.8 Å². The lowest BCUT2D eigenvalue weighted by molar-refractivity contribution is -0.134. The zero-order chi connectivity index (χ0) is 15.4. The lowest BCUT2D eigenvalue weighted by Crippen LogP contribution is -2.46. The molecule has 1 fully saturated rings. The van der Waals surface area contributed by atoms with Gasteiger partial charge in [-0.15, -0.1) is 11.8 Å². The third-order valence-corrected chi connectivity index (χ3v) is 4.91. The first-order valence-corrected chi connectivity index (χ1v) is 8.23. The monoisotopic (exact) mass is 326 g/mol. The van der Waals surface area contributed by atoms with E-state index in [9.17, 15) is 9.59 Å². The summed E-state index contributed by atoms with van der Waals surface area (Å²) in [6.45, 7) is 3.01. The van der Waals surface area contributed by atoms with E-state index in [1.54, 1.807) is 11.0 Å². The maximum absolute atomic E-state index is 12.5. The normalized spacial score (nSPS) is 20.1. The summed E-state index contributed by atoms with van der Waals surface area (Å²) in [7, 11) is 0. The number of rotatable bonds is 4. The fraction of sp³-hybridized carbons (Fsp3) is 0.467. The molecule has 1 aromatic rings. The van der Waals surface area contributed by atoms with Crippen LogP contribution in [0.15, 0.2) is 29.2 Å². The second-order valence-electron chi connectivity index (χ2n) is 5.24. The molecule has 1 saturated heterocycles. The molecule has 2 amide bonds. The van der Waals surface area contributed by atoms with Gasteiger partial charge in [-0.05, 0) is 38.0 Å². The van der Waals surface area contributed by atoms with E-state index < -0.39 is 0 Å². The first-order valence-electron chi connectivity index (χ1n) is 6.97. The topological polar surface area (TPSA) is 63.4 Å². The number of carbonyl (C=O) groups excluding carboxylic acids is 2. The summed E-state index contributed by atoms with van der Waals surface area (Å²) in [6.07, 6.45) is 1.60. The van der Waals surface area contributed by atoms with Crippen molar-refractivity contribution < 1.29 is 9.59 Å². The van der Waals surface area contributed by atoms with Gasteiger partial charge in [0, 0.05) is 23.0 Å². The number of amides is 2. The van der Waals surface area contributed by atoms with Crippen LogP contribution in [0.2, 0.25) is 5.02 Å². The number of nitrogens with zero attached hydrogens (tertiary/aromatic N) is 1. The Kier molecular flexibility index (Phi) is 5.53. The molecule has 1 heterocycles. The average Bonchev–Trinajstić information content (AvgIpc) is 2.46. The Hall–Kier alpha value is -1.20. The molecule has 4 nitrogen and oxygen atoms in total. The molecular formula is C15H19ClN2O2S. The summed E-state index contributed by atoms with van der Waals surface area (Å²) in [4.78, 5) is 26.5. The first kappa shape index (κ1) is 16.2. The standard InChI is InChI=1S/C15H19ClN2O2S/c1-10(21-13-6-2-5-12(16)8-13)15(20)18-7-3-4-11(9-18)14(17)19/h2,5-6,8,10-11H,3-4,7,9H2,1H3,(H2,17,19)/t10-,11-/m0/s1. The van der Waals surface area contributed by atoms with Gasteiger partial charge in [-0.3, -0.25) is 9.59 Å². The van der Waals surface area contributed by atoms with Crippen molar-refractivity contribution in [2.75, 3.05) is 13.1 Å². The number of primary amides is 1. The predicted molar refractivity (Wildman–Crippen MR) is 85.3 cm³/mol. The largest absolute Gasteiger partial charge is 0.369 e. The molecule has 0 spiro atoms. The van der Waals surface area contributed by atoms with E-state index in [0.717, 1.165) is 17.7 Å². The van der Waals surface area contributed by atoms with Gasteiger partial charge in [-0.25, -0.2) is 0 Å². The van der Waals surface area contributed by atoms with E-state index in [-0.39, 0.29) is 23.0 Å². The molecule has 1 aliphatic rings. The van der Waals surface area contributed by atoms with Gasteiger partial charge in [0.1, 0.15) is 0 Å². The average molecular weight is 327 g/mol. The third-order valence-electron chi connectivity index (χ3n) is 3.59. The Morgan fingerprint density at radius 1 is 1.48 bits per heavy atom. The van der Waals surface area contributed by atoms with Gasteiger partial charge in [0.2, 0.25) is 11.8 Å². The number of thioether (sulfide) groups is 1. The van der Waals surface area contributed by atoms with Gasteiger partial charge in [-0.2, -0.15) is 0 Å². The van der Waals surface area contributed by atoms with Gasteiger partial charge in [0.15, 0.2) is 0 Å². The summed E-state index contributed by atoms with van der Waals surface area (Å²) in [5.74, 6) is -0.486. The quantitative estimate of drug-likeness (QED) is 0.865. The highest BCUT2D eigenvalue weighted by Gasteiger charge is 2.29. The van der Waals surface area contributed by atoms with Crippen LogP contribution in [0.25, 0.3) is 0 Å². The van der Waals surface area contributed by atoms with Crippen molar-refractivity contribution in [2.24, 2.45) is 11.7 Å². The predicted octanol–water partition coefficient (Wildman–Crippen LogP) is 2.54. The van der Waals surface area contributed by atoms with Crippen LogP contribution in [0.5, 0.6) is 0 Å². The molecule has 2 atom stereocenters. The fourth-order valence-electron chi connectivity index (χ4n) is 2.46. The summed E-state index contributed by atoms with van der Waals surface area (Å²) in [6, 6.07) is 7.45. The zero-order valence-electron chi connectivity index (χ0n) is 11.9. The Morgan fingerprint density at radius 3 is 2.90 bits per heavy atom. The number of nitrogens with two attached hydrogens (primary N) is 1. The summed E-state index contributed by atoms with van der Waals surface area (Å²) >= 11 is 7.43. The molecule has 0 radical (unpaired) electrons. The van der Waals surface area contributed by atoms with Crippen molar-refractivity contribution in [1.82, 2.24) is 4.90 Å². The van der Waals surface area contributed by atoms with Crippen molar-refractivity contribution in [3.05, 3.63) is 29.3 Å². The van der Waals surface area contributed by atoms with Gasteiger partial charge in [-0.1, -0.05) is 17.7 Å². The highest BCUT2D eigenvalue weighted by molar-refractivity contribution is 8.00. The molecule has 1 aromatic carbocycles. The maximum atomic E-state index is 12.5. The number of benzene rings is 1. The zero-order valence-corrected chi connectivity index (χ0v) is 13.5. The second-order valence-corrected chi connectivity index (χ2v) is 7.09. The fourth-order valence-corrected chi connectivity index (χ4v) is 3.73. The number of hydrogen-bond acceptors (Lipinski definition) is 3. The molecule has 1 aliphatic heterocycles. The molecule has 21 heavy (non-hydrogen) atoms. The van der Waals surface area contributed by atoms with E-state index in [2.05, 4.69) is 0 Å². The summed E-state index contributed by atoms with van der Waals surface area (Å²) in [5, 5.41) is 0.446. The van der Waals surface area contributed by atoms with Gasteiger partial charge in [0.05, 0.1) is 11.2 Å². The SMILES string of the molecule is C[C@H](Sc1cccc(Cl)c1)C(=O)N1CCC[C@H](C(N)=O)C1. The smallest absolute Gasteiger partial charge is 0.235 e. The molecule has 0 unspecified atom stereocenters. The van der Waals surface area contributed by atoms with Crippen LogP contribution >= 0.6 is 23.4 Å². The van der Waals surface area contributed by atoms with Crippen LogP contribution in [0.4, 0.5) is 0 Å². The first-order chi connectivity index (χ1) is 9.97. The maximum Gasteiger partial charge on any atom is 0.235 e. The third kappa shape index (κ3) is 4.38. The number of piperidine rings is 1.